The number of ether oxygens (including phenoxy) is 1. The number of phosphoric acid groups is 3. The number of rotatable bonds is 8. The van der Waals surface area contributed by atoms with E-state index in [1.807, 2.05) is 4.98 Å². The van der Waals surface area contributed by atoms with Crippen LogP contribution in [0, 0.1) is 0 Å². The molecule has 0 radical (unpaired) electrons. The predicted octanol–water partition coefficient (Wildman–Crippen LogP) is -2.42. The van der Waals surface area contributed by atoms with Crippen molar-refractivity contribution in [2.45, 2.75) is 24.4 Å². The third kappa shape index (κ3) is 6.48. The summed E-state index contributed by atoms with van der Waals surface area (Å²) >= 11 is 0. The summed E-state index contributed by atoms with van der Waals surface area (Å²) in [5.74, 6) is 0. The van der Waals surface area contributed by atoms with Gasteiger partial charge in [0, 0.05) is 13.2 Å². The Morgan fingerprint density at radius 1 is 1.07 bits per heavy atom. The lowest BCUT2D eigenvalue weighted by atomic mass is 10.0. The van der Waals surface area contributed by atoms with E-state index in [9.17, 15) is 38.4 Å². The maximum absolute atomic E-state index is 11.9. The Balaban J connectivity index is 2.09. The Bertz CT molecular complexity index is 1040. The van der Waals surface area contributed by atoms with E-state index in [4.69, 9.17) is 19.4 Å². The minimum atomic E-state index is -5.73. The molecule has 3 unspecified atom stereocenters. The fraction of sp³-hybridized carbons (Fsp3) is 0.600. The minimum absolute atomic E-state index is 0.260. The number of hydrogen-bond donors (Lipinski definition) is 7. The van der Waals surface area contributed by atoms with Gasteiger partial charge in [-0.3, -0.25) is 14.3 Å². The molecular weight excluding hydrogens is 481 g/mol. The molecule has 0 amide bonds. The van der Waals surface area contributed by atoms with E-state index in [0.29, 0.717) is 0 Å². The van der Waals surface area contributed by atoms with Crippen molar-refractivity contribution in [1.29, 1.82) is 0 Å². The van der Waals surface area contributed by atoms with Gasteiger partial charge in [0.2, 0.25) is 0 Å². The SMILES string of the molecule is Cn1cc(C2O[C@H](COP(=O)(O)OP(=O)(O)OP(=O)(O)O)[C@H](O)[C@@H]2O)c(=O)[nH]c1=O. The largest absolute Gasteiger partial charge is 0.490 e. The standard InChI is InChI=1S/C10H17N2O15P3/c1-12-2-4(9(15)11-10(12)16)8-7(14)6(13)5(25-8)3-24-29(20,21)27-30(22,23)26-28(17,18)19/h2,5-8,13-14H,3H2,1H3,(H,20,21)(H,22,23)(H,11,15,16)(H2,17,18,19)/t5-,6+,7+,8?/m1/s1. The van der Waals surface area contributed by atoms with E-state index in [2.05, 4.69) is 13.1 Å². The molecular formula is C10H17N2O15P3. The zero-order valence-corrected chi connectivity index (χ0v) is 17.4. The van der Waals surface area contributed by atoms with Crippen LogP contribution in [0.1, 0.15) is 11.7 Å². The summed E-state index contributed by atoms with van der Waals surface area (Å²) in [4.78, 5) is 60.6. The van der Waals surface area contributed by atoms with Crippen molar-refractivity contribution < 1.29 is 61.4 Å². The second-order valence-electron chi connectivity index (χ2n) is 5.92. The molecule has 1 fully saturated rings. The summed E-state index contributed by atoms with van der Waals surface area (Å²) < 4.78 is 51.1. The summed E-state index contributed by atoms with van der Waals surface area (Å²) in [6.07, 6.45) is -5.53. The molecule has 20 heteroatoms. The number of aliphatic hydroxyl groups is 2. The molecule has 1 aromatic heterocycles. The quantitative estimate of drug-likeness (QED) is 0.184. The van der Waals surface area contributed by atoms with Gasteiger partial charge in [-0.15, -0.1) is 0 Å². The van der Waals surface area contributed by atoms with E-state index < -0.39 is 65.7 Å². The number of nitrogens with zero attached hydrogens (tertiary/aromatic N) is 1. The second kappa shape index (κ2) is 8.84. The molecule has 6 atom stereocenters. The maximum Gasteiger partial charge on any atom is 0.490 e. The average molecular weight is 498 g/mol. The van der Waals surface area contributed by atoms with Crippen LogP contribution in [0.3, 0.4) is 0 Å². The highest BCUT2D eigenvalue weighted by molar-refractivity contribution is 7.66. The van der Waals surface area contributed by atoms with Crippen molar-refractivity contribution in [3.63, 3.8) is 0 Å². The lowest BCUT2D eigenvalue weighted by molar-refractivity contribution is -0.0228. The van der Waals surface area contributed by atoms with Gasteiger partial charge in [-0.2, -0.15) is 8.62 Å². The van der Waals surface area contributed by atoms with Gasteiger partial charge in [0.05, 0.1) is 12.2 Å². The number of hydrogen-bond acceptors (Lipinski definition) is 11. The fourth-order valence-electron chi connectivity index (χ4n) is 2.40. The van der Waals surface area contributed by atoms with Gasteiger partial charge in [0.15, 0.2) is 0 Å². The Labute approximate surface area is 165 Å². The van der Waals surface area contributed by atoms with Crippen molar-refractivity contribution in [1.82, 2.24) is 9.55 Å². The van der Waals surface area contributed by atoms with Crippen LogP contribution in [0.25, 0.3) is 0 Å². The van der Waals surface area contributed by atoms with Crippen molar-refractivity contribution in [2.75, 3.05) is 6.61 Å². The van der Waals surface area contributed by atoms with Gasteiger partial charge in [0.25, 0.3) is 5.56 Å². The summed E-state index contributed by atoms with van der Waals surface area (Å²) in [7, 11) is -15.5. The molecule has 2 heterocycles. The second-order valence-corrected chi connectivity index (χ2v) is 10.3. The first-order chi connectivity index (χ1) is 13.5. The first-order valence-corrected chi connectivity index (χ1v) is 12.1. The van der Waals surface area contributed by atoms with E-state index >= 15 is 0 Å². The highest BCUT2D eigenvalue weighted by Crippen LogP contribution is 2.66. The summed E-state index contributed by atoms with van der Waals surface area (Å²) in [6, 6.07) is 0. The van der Waals surface area contributed by atoms with E-state index in [-0.39, 0.29) is 5.56 Å². The van der Waals surface area contributed by atoms with Crippen LogP contribution < -0.4 is 11.2 Å². The number of H-pyrrole nitrogens is 1. The molecule has 1 aliphatic rings. The molecule has 0 aromatic carbocycles. The van der Waals surface area contributed by atoms with Crippen molar-refractivity contribution in [3.8, 4) is 0 Å². The molecule has 0 bridgehead atoms. The highest BCUT2D eigenvalue weighted by atomic mass is 31.3. The van der Waals surface area contributed by atoms with Crippen LogP contribution in [0.15, 0.2) is 15.8 Å². The number of nitrogens with one attached hydrogen (secondary N) is 1. The molecule has 0 saturated carbocycles. The third-order valence-corrected chi connectivity index (χ3v) is 7.43. The monoisotopic (exact) mass is 498 g/mol. The van der Waals surface area contributed by atoms with Crippen LogP contribution >= 0.6 is 23.5 Å². The van der Waals surface area contributed by atoms with E-state index in [0.717, 1.165) is 10.8 Å². The highest BCUT2D eigenvalue weighted by Gasteiger charge is 2.47. The smallest absolute Gasteiger partial charge is 0.387 e. The predicted molar refractivity (Wildman–Crippen MR) is 91.7 cm³/mol. The third-order valence-electron chi connectivity index (χ3n) is 3.62. The normalized spacial score (nSPS) is 28.8. The first kappa shape index (κ1) is 25.2. The Morgan fingerprint density at radius 2 is 1.67 bits per heavy atom. The topological polar surface area (TPSA) is 264 Å². The Kier molecular flexibility index (Phi) is 7.44. The van der Waals surface area contributed by atoms with Crippen LogP contribution in [0.4, 0.5) is 0 Å². The van der Waals surface area contributed by atoms with Crippen LogP contribution in [0.2, 0.25) is 0 Å². The molecule has 17 nitrogen and oxygen atoms in total. The molecule has 172 valence electrons. The first-order valence-electron chi connectivity index (χ1n) is 7.61. The van der Waals surface area contributed by atoms with E-state index in [1.54, 1.807) is 0 Å². The average Bonchev–Trinajstić information content (AvgIpc) is 2.81. The zero-order chi connectivity index (χ0) is 23.1. The van der Waals surface area contributed by atoms with Crippen LogP contribution in [0.5, 0.6) is 0 Å². The number of aromatic amines is 1. The van der Waals surface area contributed by atoms with Gasteiger partial charge >= 0.3 is 29.2 Å². The van der Waals surface area contributed by atoms with Crippen molar-refractivity contribution >= 4 is 23.5 Å². The molecule has 1 aliphatic heterocycles. The zero-order valence-electron chi connectivity index (χ0n) is 14.7. The Morgan fingerprint density at radius 3 is 2.23 bits per heavy atom. The van der Waals surface area contributed by atoms with Crippen LogP contribution in [-0.2, 0) is 38.6 Å². The van der Waals surface area contributed by atoms with E-state index in [1.165, 1.54) is 7.05 Å². The number of aromatic nitrogens is 2. The van der Waals surface area contributed by atoms with Crippen molar-refractivity contribution in [2.24, 2.45) is 7.05 Å². The maximum atomic E-state index is 11.9. The van der Waals surface area contributed by atoms with Crippen molar-refractivity contribution in [3.05, 3.63) is 32.6 Å². The summed E-state index contributed by atoms with van der Waals surface area (Å²) in [5.41, 5.74) is -1.95. The van der Waals surface area contributed by atoms with Gasteiger partial charge in [-0.05, 0) is 0 Å². The minimum Gasteiger partial charge on any atom is -0.387 e. The lowest BCUT2D eigenvalue weighted by Gasteiger charge is -2.19. The number of phosphoric ester groups is 1. The van der Waals surface area contributed by atoms with Gasteiger partial charge in [-0.25, -0.2) is 18.5 Å². The number of aryl methyl sites for hydroxylation is 1. The van der Waals surface area contributed by atoms with Gasteiger partial charge < -0.3 is 39.1 Å². The lowest BCUT2D eigenvalue weighted by Crippen LogP contribution is -2.35. The van der Waals surface area contributed by atoms with Crippen LogP contribution in [-0.4, -0.2) is 64.3 Å². The van der Waals surface area contributed by atoms with Gasteiger partial charge in [-0.1, -0.05) is 0 Å². The number of aliphatic hydroxyl groups excluding tert-OH is 2. The Hall–Kier alpha value is -1.03. The molecule has 0 aliphatic carbocycles. The van der Waals surface area contributed by atoms with Gasteiger partial charge in [0.1, 0.15) is 24.4 Å². The molecule has 1 aromatic rings. The molecule has 0 spiro atoms. The summed E-state index contributed by atoms with van der Waals surface area (Å²) in [5, 5.41) is 20.1. The molecule has 1 saturated heterocycles. The molecule has 2 rings (SSSR count). The molecule has 7 N–H and O–H groups in total. The summed E-state index contributed by atoms with van der Waals surface area (Å²) in [6.45, 7) is -1.04. The molecule has 30 heavy (non-hydrogen) atoms. The fourth-order valence-corrected chi connectivity index (χ4v) is 5.43.